The van der Waals surface area contributed by atoms with Crippen molar-refractivity contribution in [3.8, 4) is 5.75 Å². The molecule has 16 heavy (non-hydrogen) atoms. The van der Waals surface area contributed by atoms with Gasteiger partial charge >= 0.3 is 5.97 Å². The molecule has 0 aliphatic heterocycles. The lowest BCUT2D eigenvalue weighted by atomic mass is 10.0. The smallest absolute Gasteiger partial charge is 0.308 e. The van der Waals surface area contributed by atoms with Crippen LogP contribution in [0.25, 0.3) is 0 Å². The third-order valence-corrected chi connectivity index (χ3v) is 2.24. The third-order valence-electron chi connectivity index (χ3n) is 2.24. The summed E-state index contributed by atoms with van der Waals surface area (Å²) < 4.78 is 5.02. The molecule has 0 radical (unpaired) electrons. The zero-order chi connectivity index (χ0) is 12.1. The maximum Gasteiger partial charge on any atom is 0.308 e. The molecule has 0 bridgehead atoms. The molecule has 0 aliphatic rings. The van der Waals surface area contributed by atoms with Crippen LogP contribution < -0.4 is 4.74 Å². The number of aryl methyl sites for hydroxylation is 1. The molecule has 0 saturated carbocycles. The van der Waals surface area contributed by atoms with Gasteiger partial charge in [-0.05, 0) is 25.0 Å². The molecule has 0 saturated heterocycles. The van der Waals surface area contributed by atoms with Gasteiger partial charge in [-0.25, -0.2) is 0 Å². The number of hydrogen-bond donors (Lipinski definition) is 0. The molecule has 1 aromatic carbocycles. The highest BCUT2D eigenvalue weighted by atomic mass is 16.5. The lowest BCUT2D eigenvalue weighted by Gasteiger charge is -2.07. The topological polar surface area (TPSA) is 43.4 Å². The maximum absolute atomic E-state index is 11.7. The highest BCUT2D eigenvalue weighted by molar-refractivity contribution is 5.96. The van der Waals surface area contributed by atoms with Crippen LogP contribution in [0.1, 0.15) is 42.6 Å². The summed E-state index contributed by atoms with van der Waals surface area (Å²) in [5.41, 5.74) is 1.45. The molecular formula is C13H16O3. The van der Waals surface area contributed by atoms with E-state index in [2.05, 4.69) is 0 Å². The van der Waals surface area contributed by atoms with Crippen molar-refractivity contribution in [1.82, 2.24) is 0 Å². The van der Waals surface area contributed by atoms with Gasteiger partial charge in [-0.2, -0.15) is 0 Å². The van der Waals surface area contributed by atoms with E-state index in [1.165, 1.54) is 6.92 Å². The second kappa shape index (κ2) is 5.45. The van der Waals surface area contributed by atoms with E-state index in [0.29, 0.717) is 17.7 Å². The minimum Gasteiger partial charge on any atom is -0.426 e. The van der Waals surface area contributed by atoms with E-state index in [-0.39, 0.29) is 11.8 Å². The molecule has 0 fully saturated rings. The van der Waals surface area contributed by atoms with Crippen molar-refractivity contribution in [2.75, 3.05) is 0 Å². The number of benzene rings is 1. The summed E-state index contributed by atoms with van der Waals surface area (Å²) in [7, 11) is 0. The molecule has 3 heteroatoms. The van der Waals surface area contributed by atoms with Gasteiger partial charge in [-0.15, -0.1) is 0 Å². The molecule has 1 aromatic rings. The predicted molar refractivity (Wildman–Crippen MR) is 61.7 cm³/mol. The Morgan fingerprint density at radius 2 is 2.00 bits per heavy atom. The molecule has 0 aliphatic carbocycles. The van der Waals surface area contributed by atoms with Crippen LogP contribution >= 0.6 is 0 Å². The number of hydrogen-bond acceptors (Lipinski definition) is 3. The van der Waals surface area contributed by atoms with E-state index < -0.39 is 0 Å². The van der Waals surface area contributed by atoms with Gasteiger partial charge in [0.25, 0.3) is 0 Å². The van der Waals surface area contributed by atoms with Gasteiger partial charge in [0.05, 0.1) is 0 Å². The molecule has 0 aromatic heterocycles. The van der Waals surface area contributed by atoms with Gasteiger partial charge in [0, 0.05) is 18.9 Å². The first kappa shape index (κ1) is 12.4. The summed E-state index contributed by atoms with van der Waals surface area (Å²) in [6, 6.07) is 5.19. The fourth-order valence-electron chi connectivity index (χ4n) is 1.41. The summed E-state index contributed by atoms with van der Waals surface area (Å²) in [5, 5.41) is 0. The Morgan fingerprint density at radius 1 is 1.31 bits per heavy atom. The summed E-state index contributed by atoms with van der Waals surface area (Å²) in [4.78, 5) is 22.5. The lowest BCUT2D eigenvalue weighted by Crippen LogP contribution is -2.05. The largest absolute Gasteiger partial charge is 0.426 e. The molecule has 86 valence electrons. The Bertz CT molecular complexity index is 408. The van der Waals surface area contributed by atoms with Crippen LogP contribution in [0.4, 0.5) is 0 Å². The average molecular weight is 220 g/mol. The van der Waals surface area contributed by atoms with E-state index in [9.17, 15) is 9.59 Å². The molecule has 0 heterocycles. The summed E-state index contributed by atoms with van der Waals surface area (Å²) >= 11 is 0. The van der Waals surface area contributed by atoms with E-state index in [1.54, 1.807) is 18.2 Å². The zero-order valence-electron chi connectivity index (χ0n) is 9.87. The van der Waals surface area contributed by atoms with E-state index >= 15 is 0 Å². The van der Waals surface area contributed by atoms with Crippen molar-refractivity contribution in [2.24, 2.45) is 0 Å². The Kier molecular flexibility index (Phi) is 4.23. The van der Waals surface area contributed by atoms with Crippen molar-refractivity contribution in [1.29, 1.82) is 0 Å². The van der Waals surface area contributed by atoms with Gasteiger partial charge in [0.1, 0.15) is 5.75 Å². The maximum atomic E-state index is 11.7. The van der Waals surface area contributed by atoms with Crippen molar-refractivity contribution < 1.29 is 14.3 Å². The molecule has 3 nitrogen and oxygen atoms in total. The van der Waals surface area contributed by atoms with Crippen LogP contribution in [0.3, 0.4) is 0 Å². The van der Waals surface area contributed by atoms with Gasteiger partial charge in [-0.1, -0.05) is 19.1 Å². The van der Waals surface area contributed by atoms with Gasteiger partial charge in [0.15, 0.2) is 5.78 Å². The quantitative estimate of drug-likeness (QED) is 0.445. The first-order valence-corrected chi connectivity index (χ1v) is 5.37. The Balaban J connectivity index is 2.97. The highest BCUT2D eigenvalue weighted by Crippen LogP contribution is 2.20. The number of ether oxygens (including phenoxy) is 1. The Morgan fingerprint density at radius 3 is 2.56 bits per heavy atom. The van der Waals surface area contributed by atoms with Crippen LogP contribution in [-0.4, -0.2) is 11.8 Å². The van der Waals surface area contributed by atoms with Crippen molar-refractivity contribution in [3.63, 3.8) is 0 Å². The first-order chi connectivity index (χ1) is 7.54. The molecule has 0 N–H and O–H groups in total. The summed E-state index contributed by atoms with van der Waals surface area (Å²) in [5.74, 6) is 0.175. The van der Waals surface area contributed by atoms with E-state index in [0.717, 1.165) is 12.0 Å². The fourth-order valence-corrected chi connectivity index (χ4v) is 1.41. The number of ketones is 1. The number of carbonyl (C=O) groups excluding carboxylic acids is 2. The first-order valence-electron chi connectivity index (χ1n) is 5.37. The van der Waals surface area contributed by atoms with Crippen LogP contribution in [-0.2, 0) is 4.79 Å². The minimum atomic E-state index is -0.372. The van der Waals surface area contributed by atoms with Crippen LogP contribution in [0.2, 0.25) is 0 Å². The van der Waals surface area contributed by atoms with E-state index in [4.69, 9.17) is 4.74 Å². The number of rotatable bonds is 4. The molecule has 0 unspecified atom stereocenters. The van der Waals surface area contributed by atoms with E-state index in [1.807, 2.05) is 13.8 Å². The molecule has 0 spiro atoms. The fraction of sp³-hybridized carbons (Fsp3) is 0.385. The number of Topliss-reactive ketones (excluding diaryl/α,β-unsaturated/α-hetero) is 1. The average Bonchev–Trinajstić information content (AvgIpc) is 2.21. The van der Waals surface area contributed by atoms with Crippen molar-refractivity contribution in [2.45, 2.75) is 33.6 Å². The molecular weight excluding hydrogens is 204 g/mol. The second-order valence-electron chi connectivity index (χ2n) is 3.75. The normalized spacial score (nSPS) is 9.94. The van der Waals surface area contributed by atoms with Crippen LogP contribution in [0, 0.1) is 6.92 Å². The van der Waals surface area contributed by atoms with Gasteiger partial charge in [-0.3, -0.25) is 9.59 Å². The second-order valence-corrected chi connectivity index (χ2v) is 3.75. The van der Waals surface area contributed by atoms with Crippen molar-refractivity contribution in [3.05, 3.63) is 29.3 Å². The van der Waals surface area contributed by atoms with Crippen LogP contribution in [0.5, 0.6) is 5.75 Å². The third kappa shape index (κ3) is 3.19. The Labute approximate surface area is 95.4 Å². The molecule has 1 rings (SSSR count). The Hall–Kier alpha value is -1.64. The highest BCUT2D eigenvalue weighted by Gasteiger charge is 2.09. The monoisotopic (exact) mass is 220 g/mol. The molecule has 0 amide bonds. The number of carbonyl (C=O) groups is 2. The molecule has 0 atom stereocenters. The standard InChI is InChI=1S/C13H16O3/c1-4-5-12(15)11-7-6-9(2)13(8-11)16-10(3)14/h6-8H,4-5H2,1-3H3. The van der Waals surface area contributed by atoms with Gasteiger partial charge in [0.2, 0.25) is 0 Å². The summed E-state index contributed by atoms with van der Waals surface area (Å²) in [6.07, 6.45) is 1.33. The van der Waals surface area contributed by atoms with Crippen LogP contribution in [0.15, 0.2) is 18.2 Å². The SMILES string of the molecule is CCCC(=O)c1ccc(C)c(OC(C)=O)c1. The lowest BCUT2D eigenvalue weighted by molar-refractivity contribution is -0.131. The minimum absolute atomic E-state index is 0.0795. The van der Waals surface area contributed by atoms with Crippen molar-refractivity contribution >= 4 is 11.8 Å². The summed E-state index contributed by atoms with van der Waals surface area (Å²) in [6.45, 7) is 5.14. The predicted octanol–water partition coefficient (Wildman–Crippen LogP) is 2.90. The number of esters is 1. The van der Waals surface area contributed by atoms with Gasteiger partial charge < -0.3 is 4.74 Å². The zero-order valence-corrected chi connectivity index (χ0v) is 9.87.